The molecule has 23 heavy (non-hydrogen) atoms. The van der Waals surface area contributed by atoms with E-state index in [1.807, 2.05) is 25.1 Å². The number of phenolic OH excluding ortho intramolecular Hbond substituents is 1. The summed E-state index contributed by atoms with van der Waals surface area (Å²) in [6.45, 7) is 1.79. The van der Waals surface area contributed by atoms with Gasteiger partial charge in [-0.1, -0.05) is 12.1 Å². The molecule has 6 heteroatoms. The Kier molecular flexibility index (Phi) is 5.57. The van der Waals surface area contributed by atoms with Crippen LogP contribution in [0, 0.1) is 6.92 Å². The summed E-state index contributed by atoms with van der Waals surface area (Å²) in [7, 11) is 1.53. The molecule has 0 radical (unpaired) electrons. The van der Waals surface area contributed by atoms with E-state index in [2.05, 4.69) is 10.5 Å². The Bertz CT molecular complexity index is 713. The van der Waals surface area contributed by atoms with E-state index in [1.165, 1.54) is 19.4 Å². The number of hydrogen-bond acceptors (Lipinski definition) is 5. The van der Waals surface area contributed by atoms with Crippen molar-refractivity contribution in [3.63, 3.8) is 0 Å². The predicted molar refractivity (Wildman–Crippen MR) is 87.1 cm³/mol. The van der Waals surface area contributed by atoms with Crippen LogP contribution >= 0.6 is 0 Å². The third kappa shape index (κ3) is 5.03. The van der Waals surface area contributed by atoms with Gasteiger partial charge in [0, 0.05) is 5.56 Å². The molecule has 0 unspecified atom stereocenters. The van der Waals surface area contributed by atoms with E-state index in [9.17, 15) is 9.90 Å². The van der Waals surface area contributed by atoms with E-state index < -0.39 is 5.91 Å². The van der Waals surface area contributed by atoms with Gasteiger partial charge >= 0.3 is 0 Å². The fourth-order valence-electron chi connectivity index (χ4n) is 1.82. The lowest BCUT2D eigenvalue weighted by atomic mass is 10.2. The number of phenols is 1. The summed E-state index contributed by atoms with van der Waals surface area (Å²) in [5.74, 6) is 0.845. The number of methoxy groups -OCH3 is 1. The number of rotatable bonds is 6. The molecule has 0 spiro atoms. The van der Waals surface area contributed by atoms with Crippen molar-refractivity contribution in [1.82, 2.24) is 5.43 Å². The van der Waals surface area contributed by atoms with E-state index in [0.717, 1.165) is 5.56 Å². The molecule has 120 valence electrons. The molecule has 2 N–H and O–H groups in total. The normalized spacial score (nSPS) is 10.5. The molecule has 0 aliphatic heterocycles. The first kappa shape index (κ1) is 16.4. The fourth-order valence-corrected chi connectivity index (χ4v) is 1.82. The SMILES string of the molecule is COc1ccc(O)c(/C=N/NC(=O)COc2cccc(C)c2)c1. The summed E-state index contributed by atoms with van der Waals surface area (Å²) >= 11 is 0. The van der Waals surface area contributed by atoms with E-state index in [4.69, 9.17) is 9.47 Å². The van der Waals surface area contributed by atoms with Crippen molar-refractivity contribution in [3.05, 3.63) is 53.6 Å². The Morgan fingerprint density at radius 1 is 1.26 bits per heavy atom. The van der Waals surface area contributed by atoms with Gasteiger partial charge in [0.2, 0.25) is 0 Å². The average molecular weight is 314 g/mol. The minimum Gasteiger partial charge on any atom is -0.507 e. The van der Waals surface area contributed by atoms with Gasteiger partial charge in [-0.3, -0.25) is 4.79 Å². The van der Waals surface area contributed by atoms with Crippen molar-refractivity contribution >= 4 is 12.1 Å². The lowest BCUT2D eigenvalue weighted by Crippen LogP contribution is -2.24. The van der Waals surface area contributed by atoms with Crippen molar-refractivity contribution in [2.24, 2.45) is 5.10 Å². The van der Waals surface area contributed by atoms with Gasteiger partial charge in [-0.05, 0) is 42.8 Å². The number of nitrogens with one attached hydrogen (secondary N) is 1. The summed E-state index contributed by atoms with van der Waals surface area (Å²) in [6, 6.07) is 12.1. The number of benzene rings is 2. The van der Waals surface area contributed by atoms with E-state index in [0.29, 0.717) is 17.1 Å². The van der Waals surface area contributed by atoms with Gasteiger partial charge in [0.05, 0.1) is 13.3 Å². The maximum Gasteiger partial charge on any atom is 0.277 e. The second kappa shape index (κ2) is 7.84. The molecule has 0 aliphatic carbocycles. The lowest BCUT2D eigenvalue weighted by molar-refractivity contribution is -0.123. The summed E-state index contributed by atoms with van der Waals surface area (Å²) in [6.07, 6.45) is 1.34. The van der Waals surface area contributed by atoms with Crippen LogP contribution in [0.2, 0.25) is 0 Å². The predicted octanol–water partition coefficient (Wildman–Crippen LogP) is 2.24. The largest absolute Gasteiger partial charge is 0.507 e. The lowest BCUT2D eigenvalue weighted by Gasteiger charge is -2.06. The van der Waals surface area contributed by atoms with Crippen molar-refractivity contribution in [2.75, 3.05) is 13.7 Å². The van der Waals surface area contributed by atoms with E-state index >= 15 is 0 Å². The number of carbonyl (C=O) groups excluding carboxylic acids is 1. The van der Waals surface area contributed by atoms with Crippen LogP contribution in [-0.2, 0) is 4.79 Å². The molecule has 0 saturated heterocycles. The number of hydrazone groups is 1. The van der Waals surface area contributed by atoms with Crippen molar-refractivity contribution < 1.29 is 19.4 Å². The van der Waals surface area contributed by atoms with Crippen LogP contribution in [0.25, 0.3) is 0 Å². The number of nitrogens with zero attached hydrogens (tertiary/aromatic N) is 1. The molecule has 0 aliphatic rings. The quantitative estimate of drug-likeness (QED) is 0.633. The zero-order valence-corrected chi connectivity index (χ0v) is 12.9. The maximum atomic E-state index is 11.7. The van der Waals surface area contributed by atoms with Gasteiger partial charge in [-0.2, -0.15) is 5.10 Å². The zero-order chi connectivity index (χ0) is 16.7. The molecule has 0 aromatic heterocycles. The molecule has 1 amide bonds. The van der Waals surface area contributed by atoms with Crippen LogP contribution in [0.4, 0.5) is 0 Å². The first-order chi connectivity index (χ1) is 11.1. The van der Waals surface area contributed by atoms with Gasteiger partial charge in [0.15, 0.2) is 6.61 Å². The van der Waals surface area contributed by atoms with Crippen LogP contribution in [0.5, 0.6) is 17.2 Å². The number of carbonyl (C=O) groups is 1. The molecule has 0 atom stereocenters. The smallest absolute Gasteiger partial charge is 0.277 e. The van der Waals surface area contributed by atoms with Crippen LogP contribution in [0.15, 0.2) is 47.6 Å². The molecular formula is C17H18N2O4. The van der Waals surface area contributed by atoms with Crippen LogP contribution in [0.1, 0.15) is 11.1 Å². The summed E-state index contributed by atoms with van der Waals surface area (Å²) in [5, 5.41) is 13.5. The summed E-state index contributed by atoms with van der Waals surface area (Å²) < 4.78 is 10.4. The Morgan fingerprint density at radius 3 is 2.83 bits per heavy atom. The highest BCUT2D eigenvalue weighted by atomic mass is 16.5. The van der Waals surface area contributed by atoms with Gasteiger partial charge in [0.1, 0.15) is 17.2 Å². The van der Waals surface area contributed by atoms with Gasteiger partial charge < -0.3 is 14.6 Å². The summed E-state index contributed by atoms with van der Waals surface area (Å²) in [5.41, 5.74) is 3.82. The van der Waals surface area contributed by atoms with Crippen LogP contribution in [-0.4, -0.2) is 30.9 Å². The molecule has 0 bridgehead atoms. The highest BCUT2D eigenvalue weighted by Crippen LogP contribution is 2.20. The molecule has 0 saturated carbocycles. The zero-order valence-electron chi connectivity index (χ0n) is 12.9. The highest BCUT2D eigenvalue weighted by molar-refractivity contribution is 5.85. The summed E-state index contributed by atoms with van der Waals surface area (Å²) in [4.78, 5) is 11.7. The average Bonchev–Trinajstić information content (AvgIpc) is 2.55. The molecule has 0 fully saturated rings. The molecule has 2 rings (SSSR count). The third-order valence-corrected chi connectivity index (χ3v) is 2.99. The van der Waals surface area contributed by atoms with Gasteiger partial charge in [-0.15, -0.1) is 0 Å². The Labute approximate surface area is 134 Å². The second-order valence-electron chi connectivity index (χ2n) is 4.82. The monoisotopic (exact) mass is 314 g/mol. The molecule has 6 nitrogen and oxygen atoms in total. The Morgan fingerprint density at radius 2 is 2.09 bits per heavy atom. The highest BCUT2D eigenvalue weighted by Gasteiger charge is 2.03. The maximum absolute atomic E-state index is 11.7. The number of aromatic hydroxyl groups is 1. The fraction of sp³-hybridized carbons (Fsp3) is 0.176. The minimum atomic E-state index is -0.398. The molecule has 0 heterocycles. The molecule has 2 aromatic carbocycles. The van der Waals surface area contributed by atoms with Gasteiger partial charge in [-0.25, -0.2) is 5.43 Å². The topological polar surface area (TPSA) is 80.2 Å². The Hall–Kier alpha value is -3.02. The Balaban J connectivity index is 1.86. The third-order valence-electron chi connectivity index (χ3n) is 2.99. The number of ether oxygens (including phenoxy) is 2. The minimum absolute atomic E-state index is 0.0415. The van der Waals surface area contributed by atoms with Crippen LogP contribution in [0.3, 0.4) is 0 Å². The molecule has 2 aromatic rings. The van der Waals surface area contributed by atoms with E-state index in [1.54, 1.807) is 18.2 Å². The number of hydrogen-bond donors (Lipinski definition) is 2. The van der Waals surface area contributed by atoms with Crippen LogP contribution < -0.4 is 14.9 Å². The first-order valence-corrected chi connectivity index (χ1v) is 6.97. The van der Waals surface area contributed by atoms with Gasteiger partial charge in [0.25, 0.3) is 5.91 Å². The standard InChI is InChI=1S/C17H18N2O4/c1-12-4-3-5-15(8-12)23-11-17(21)19-18-10-13-9-14(22-2)6-7-16(13)20/h3-10,20H,11H2,1-2H3,(H,19,21)/b18-10+. The molecular weight excluding hydrogens is 296 g/mol. The number of aryl methyl sites for hydroxylation is 1. The first-order valence-electron chi connectivity index (χ1n) is 6.97. The van der Waals surface area contributed by atoms with Crippen molar-refractivity contribution in [3.8, 4) is 17.2 Å². The van der Waals surface area contributed by atoms with Crippen molar-refractivity contribution in [1.29, 1.82) is 0 Å². The second-order valence-corrected chi connectivity index (χ2v) is 4.82. The van der Waals surface area contributed by atoms with E-state index in [-0.39, 0.29) is 12.4 Å². The number of amides is 1. The van der Waals surface area contributed by atoms with Crippen molar-refractivity contribution in [2.45, 2.75) is 6.92 Å².